The monoisotopic (exact) mass is 547 g/mol. The number of nitrogens with zero attached hydrogens (tertiary/aromatic N) is 1. The van der Waals surface area contributed by atoms with E-state index >= 15 is 0 Å². The van der Waals surface area contributed by atoms with Crippen LogP contribution in [-0.2, 0) is 24.9 Å². The Labute approximate surface area is 170 Å². The van der Waals surface area contributed by atoms with Crippen LogP contribution in [0.15, 0.2) is 47.5 Å². The van der Waals surface area contributed by atoms with Gasteiger partial charge in [-0.2, -0.15) is 12.1 Å². The Kier molecular flexibility index (Phi) is 8.65. The number of aliphatic hydroxyl groups is 1. The Morgan fingerprint density at radius 1 is 1.31 bits per heavy atom. The maximum absolute atomic E-state index is 10.0. The molecule has 0 aliphatic carbocycles. The van der Waals surface area contributed by atoms with Crippen LogP contribution in [0.25, 0.3) is 21.5 Å². The number of ketones is 1. The molecule has 0 atom stereocenters. The van der Waals surface area contributed by atoms with Crippen molar-refractivity contribution in [3.05, 3.63) is 59.2 Å². The summed E-state index contributed by atoms with van der Waals surface area (Å²) in [6, 6.07) is 13.2. The average Bonchev–Trinajstić information content (AvgIpc) is 3.08. The fourth-order valence-corrected chi connectivity index (χ4v) is 2.92. The number of carbonyl (C=O) groups excluding carboxylic acids is 1. The Morgan fingerprint density at radius 3 is 2.54 bits per heavy atom. The molecule has 0 amide bonds. The quantitative estimate of drug-likeness (QED) is 0.282. The second-order valence-electron chi connectivity index (χ2n) is 5.50. The van der Waals surface area contributed by atoms with Gasteiger partial charge in [0.15, 0.2) is 5.78 Å². The topological polar surface area (TPSA) is 59.4 Å². The smallest absolute Gasteiger partial charge is 0.155 e. The van der Waals surface area contributed by atoms with Gasteiger partial charge < -0.3 is 14.8 Å². The number of pyridine rings is 1. The minimum Gasteiger partial charge on any atom is -0.512 e. The Morgan fingerprint density at radius 2 is 2.04 bits per heavy atom. The van der Waals surface area contributed by atoms with Crippen molar-refractivity contribution in [3.8, 4) is 16.3 Å². The minimum atomic E-state index is -0.125. The van der Waals surface area contributed by atoms with Crippen molar-refractivity contribution in [2.45, 2.75) is 20.8 Å². The van der Waals surface area contributed by atoms with Crippen LogP contribution in [0.1, 0.15) is 19.4 Å². The summed E-state index contributed by atoms with van der Waals surface area (Å²) in [7, 11) is 1.68. The predicted molar refractivity (Wildman–Crippen MR) is 102 cm³/mol. The van der Waals surface area contributed by atoms with E-state index in [1.54, 1.807) is 18.4 Å². The SMILES string of the molecule is CC(=O)/C=C(/C)O.COc1ccc2nc(-c3[c-]ccs3)cc(C)c2c1.[Ir]. The third kappa shape index (κ3) is 6.06. The third-order valence-corrected chi connectivity index (χ3v) is 4.17. The van der Waals surface area contributed by atoms with Crippen LogP contribution >= 0.6 is 11.3 Å². The molecule has 1 N–H and O–H groups in total. The molecule has 0 unspecified atom stereocenters. The molecule has 0 fully saturated rings. The molecule has 26 heavy (non-hydrogen) atoms. The van der Waals surface area contributed by atoms with Gasteiger partial charge in [0.1, 0.15) is 5.75 Å². The van der Waals surface area contributed by atoms with E-state index in [4.69, 9.17) is 9.84 Å². The number of methoxy groups -OCH3 is 1. The third-order valence-electron chi connectivity index (χ3n) is 3.34. The summed E-state index contributed by atoms with van der Waals surface area (Å²) >= 11 is 1.66. The standard InChI is InChI=1S/C15H12NOS.C5H8O2.Ir/c1-10-8-14(15-4-3-7-18-15)16-13-6-5-11(17-2)9-12(10)13;1-4(6)3-5(2)7;/h3,5-9H,1-2H3;3,6H,1-2H3;/q-1;;/b;4-3-;. The molecule has 2 aromatic heterocycles. The van der Waals surface area contributed by atoms with Crippen LogP contribution in [0.4, 0.5) is 0 Å². The molecule has 3 aromatic rings. The van der Waals surface area contributed by atoms with Gasteiger partial charge in [0, 0.05) is 31.6 Å². The van der Waals surface area contributed by atoms with Gasteiger partial charge in [0.2, 0.25) is 0 Å². The number of fused-ring (bicyclic) bond motifs is 1. The summed E-state index contributed by atoms with van der Waals surface area (Å²) in [4.78, 5) is 15.8. The number of aromatic nitrogens is 1. The number of rotatable bonds is 3. The van der Waals surface area contributed by atoms with Crippen molar-refractivity contribution < 1.29 is 34.7 Å². The molecule has 0 aliphatic heterocycles. The van der Waals surface area contributed by atoms with Gasteiger partial charge in [-0.3, -0.25) is 4.79 Å². The van der Waals surface area contributed by atoms with E-state index in [0.717, 1.165) is 27.2 Å². The molecule has 139 valence electrons. The maximum Gasteiger partial charge on any atom is 0.155 e. The predicted octanol–water partition coefficient (Wildman–Crippen LogP) is 5.12. The minimum absolute atomic E-state index is 0. The Hall–Kier alpha value is -2.01. The number of allylic oxidation sites excluding steroid dienone is 2. The van der Waals surface area contributed by atoms with Gasteiger partial charge in [-0.05, 0) is 44.7 Å². The first-order valence-electron chi connectivity index (χ1n) is 7.69. The number of hydrogen-bond donors (Lipinski definition) is 1. The van der Waals surface area contributed by atoms with E-state index in [2.05, 4.69) is 24.0 Å². The largest absolute Gasteiger partial charge is 0.512 e. The maximum atomic E-state index is 10.0. The van der Waals surface area contributed by atoms with Crippen molar-refractivity contribution in [1.29, 1.82) is 0 Å². The molecule has 0 aliphatic rings. The summed E-state index contributed by atoms with van der Waals surface area (Å²) < 4.78 is 5.25. The van der Waals surface area contributed by atoms with Crippen LogP contribution in [0, 0.1) is 13.0 Å². The number of thiophene rings is 1. The molecule has 0 saturated heterocycles. The van der Waals surface area contributed by atoms with Crippen molar-refractivity contribution in [2.24, 2.45) is 0 Å². The zero-order chi connectivity index (χ0) is 18.4. The normalized spacial score (nSPS) is 10.5. The number of benzene rings is 1. The van der Waals surface area contributed by atoms with E-state index in [1.807, 2.05) is 29.6 Å². The molecule has 4 nitrogen and oxygen atoms in total. The summed E-state index contributed by atoms with van der Waals surface area (Å²) in [5, 5.41) is 11.5. The zero-order valence-electron chi connectivity index (χ0n) is 15.0. The van der Waals surface area contributed by atoms with Gasteiger partial charge >= 0.3 is 0 Å². The molecule has 3 rings (SSSR count). The van der Waals surface area contributed by atoms with E-state index in [1.165, 1.54) is 25.5 Å². The molecule has 1 aromatic carbocycles. The van der Waals surface area contributed by atoms with E-state index in [-0.39, 0.29) is 31.6 Å². The Balaban J connectivity index is 0.000000366. The molecule has 0 bridgehead atoms. The van der Waals surface area contributed by atoms with Crippen LogP contribution in [0.2, 0.25) is 0 Å². The molecule has 0 spiro atoms. The number of aliphatic hydroxyl groups excluding tert-OH is 1. The molecular formula is C20H20IrNO3S-. The fourth-order valence-electron chi connectivity index (χ4n) is 2.29. The number of aryl methyl sites for hydroxylation is 1. The van der Waals surface area contributed by atoms with Crippen molar-refractivity contribution in [1.82, 2.24) is 4.98 Å². The van der Waals surface area contributed by atoms with Gasteiger partial charge in [0.25, 0.3) is 0 Å². The molecule has 2 heterocycles. The first-order valence-corrected chi connectivity index (χ1v) is 8.57. The molecule has 1 radical (unpaired) electrons. The van der Waals surface area contributed by atoms with Crippen LogP contribution in [-0.4, -0.2) is 23.0 Å². The summed E-state index contributed by atoms with van der Waals surface area (Å²) in [5.41, 5.74) is 3.18. The van der Waals surface area contributed by atoms with Crippen molar-refractivity contribution in [3.63, 3.8) is 0 Å². The summed E-state index contributed by atoms with van der Waals surface area (Å²) in [6.07, 6.45) is 1.17. The zero-order valence-corrected chi connectivity index (χ0v) is 18.2. The average molecular weight is 547 g/mol. The molecular weight excluding hydrogens is 527 g/mol. The van der Waals surface area contributed by atoms with Gasteiger partial charge in [-0.25, -0.2) is 11.3 Å². The van der Waals surface area contributed by atoms with Crippen molar-refractivity contribution in [2.75, 3.05) is 7.11 Å². The molecule has 6 heteroatoms. The van der Waals surface area contributed by atoms with Crippen molar-refractivity contribution >= 4 is 28.0 Å². The second-order valence-corrected chi connectivity index (χ2v) is 6.41. The summed E-state index contributed by atoms with van der Waals surface area (Å²) in [5.74, 6) is 0.801. The Bertz CT molecular complexity index is 901. The number of carbonyl (C=O) groups is 1. The van der Waals surface area contributed by atoms with Gasteiger partial charge in [-0.15, -0.1) is 5.38 Å². The van der Waals surface area contributed by atoms with Crippen LogP contribution < -0.4 is 4.74 Å². The van der Waals surface area contributed by atoms with E-state index < -0.39 is 0 Å². The number of hydrogen-bond acceptors (Lipinski definition) is 5. The van der Waals surface area contributed by atoms with Gasteiger partial charge in [0.05, 0.1) is 18.4 Å². The fraction of sp³-hybridized carbons (Fsp3) is 0.200. The molecule has 0 saturated carbocycles. The summed E-state index contributed by atoms with van der Waals surface area (Å²) in [6.45, 7) is 4.95. The first kappa shape index (κ1) is 22.0. The number of ether oxygens (including phenoxy) is 1. The second kappa shape index (κ2) is 10.2. The first-order chi connectivity index (χ1) is 11.9. The van der Waals surface area contributed by atoms with Crippen LogP contribution in [0.5, 0.6) is 5.75 Å². The van der Waals surface area contributed by atoms with Crippen LogP contribution in [0.3, 0.4) is 0 Å². The van der Waals surface area contributed by atoms with Gasteiger partial charge in [-0.1, -0.05) is 16.5 Å². The van der Waals surface area contributed by atoms with E-state index in [0.29, 0.717) is 0 Å². The van der Waals surface area contributed by atoms with E-state index in [9.17, 15) is 4.79 Å².